The van der Waals surface area contributed by atoms with Gasteiger partial charge in [0.2, 0.25) is 0 Å². The number of amides is 3. The van der Waals surface area contributed by atoms with E-state index in [2.05, 4.69) is 17.0 Å². The van der Waals surface area contributed by atoms with E-state index in [9.17, 15) is 14.4 Å². The monoisotopic (exact) mass is 296 g/mol. The molecule has 0 radical (unpaired) electrons. The predicted molar refractivity (Wildman–Crippen MR) is 75.4 cm³/mol. The first kappa shape index (κ1) is 14.0. The Bertz CT molecular complexity index is 535. The second kappa shape index (κ2) is 5.26. The quantitative estimate of drug-likeness (QED) is 0.371. The maximum atomic E-state index is 12.1. The average molecular weight is 296 g/mol. The number of nitrogens with one attached hydrogen (secondary N) is 1. The normalized spacial score (nSPS) is 23.5. The Labute approximate surface area is 119 Å². The van der Waals surface area contributed by atoms with Gasteiger partial charge in [0.25, 0.3) is 5.91 Å². The van der Waals surface area contributed by atoms with Crippen molar-refractivity contribution in [3.8, 4) is 0 Å². The molecule has 1 heterocycles. The second-order valence-electron chi connectivity index (χ2n) is 4.19. The number of carbonyl (C=O) groups excluding carboxylic acids is 3. The van der Waals surface area contributed by atoms with Crippen molar-refractivity contribution in [1.82, 2.24) is 10.2 Å². The van der Waals surface area contributed by atoms with Gasteiger partial charge in [0.05, 0.1) is 0 Å². The molecule has 1 aromatic carbocycles. The van der Waals surface area contributed by atoms with E-state index in [0.29, 0.717) is 0 Å². The molecule has 0 spiro atoms. The smallest absolute Gasteiger partial charge is 0.313 e. The molecular formula is C12H12N2O3S2. The Morgan fingerprint density at radius 1 is 1.26 bits per heavy atom. The van der Waals surface area contributed by atoms with Crippen molar-refractivity contribution in [2.24, 2.45) is 0 Å². The zero-order valence-electron chi connectivity index (χ0n) is 10.1. The topological polar surface area (TPSA) is 66.5 Å². The zero-order chi connectivity index (χ0) is 14.0. The molecule has 1 aliphatic heterocycles. The summed E-state index contributed by atoms with van der Waals surface area (Å²) in [5, 5.41) is 2.08. The predicted octanol–water partition coefficient (Wildman–Crippen LogP) is 0.618. The second-order valence-corrected chi connectivity index (χ2v) is 5.59. The number of rotatable bonds is 3. The molecule has 100 valence electrons. The SMILES string of the molecule is CN1C(=O)C(=O)NC(=O)C1(Cc1ccccc1)SS. The molecule has 0 aliphatic carbocycles. The lowest BCUT2D eigenvalue weighted by molar-refractivity contribution is -0.156. The minimum Gasteiger partial charge on any atom is -0.313 e. The number of likely N-dealkylation sites (N-methyl/N-ethyl adjacent to an activating group) is 1. The van der Waals surface area contributed by atoms with Crippen molar-refractivity contribution in [3.05, 3.63) is 35.9 Å². The Kier molecular flexibility index (Phi) is 3.86. The molecule has 0 bridgehead atoms. The Morgan fingerprint density at radius 2 is 1.89 bits per heavy atom. The number of piperazine rings is 1. The third-order valence-electron chi connectivity index (χ3n) is 3.06. The lowest BCUT2D eigenvalue weighted by Crippen LogP contribution is -2.67. The summed E-state index contributed by atoms with van der Waals surface area (Å²) in [6.45, 7) is 0. The van der Waals surface area contributed by atoms with E-state index >= 15 is 0 Å². The molecule has 1 unspecified atom stereocenters. The number of benzene rings is 1. The van der Waals surface area contributed by atoms with Crippen LogP contribution in [0.1, 0.15) is 5.56 Å². The summed E-state index contributed by atoms with van der Waals surface area (Å²) in [6.07, 6.45) is 0.281. The molecule has 5 nitrogen and oxygen atoms in total. The maximum Gasteiger partial charge on any atom is 0.316 e. The number of carbonyl (C=O) groups is 3. The van der Waals surface area contributed by atoms with Crippen LogP contribution in [0.15, 0.2) is 30.3 Å². The van der Waals surface area contributed by atoms with Gasteiger partial charge in [-0.2, -0.15) is 0 Å². The molecule has 1 aromatic rings. The van der Waals surface area contributed by atoms with Gasteiger partial charge in [-0.05, 0) is 5.56 Å². The molecule has 1 fully saturated rings. The molecule has 3 amide bonds. The molecule has 2 rings (SSSR count). The Balaban J connectivity index is 2.38. The van der Waals surface area contributed by atoms with Gasteiger partial charge in [0.15, 0.2) is 4.87 Å². The first-order valence-electron chi connectivity index (χ1n) is 5.51. The van der Waals surface area contributed by atoms with E-state index in [4.69, 9.17) is 0 Å². The van der Waals surface area contributed by atoms with Crippen LogP contribution >= 0.6 is 22.5 Å². The van der Waals surface area contributed by atoms with Crippen LogP contribution in [0.2, 0.25) is 0 Å². The zero-order valence-corrected chi connectivity index (χ0v) is 11.8. The first-order valence-corrected chi connectivity index (χ1v) is 7.38. The van der Waals surface area contributed by atoms with Gasteiger partial charge in [0.1, 0.15) is 0 Å². The minimum atomic E-state index is -1.21. The number of imide groups is 1. The van der Waals surface area contributed by atoms with Gasteiger partial charge in [0, 0.05) is 13.5 Å². The Hall–Kier alpha value is -1.47. The van der Waals surface area contributed by atoms with Crippen LogP contribution < -0.4 is 5.32 Å². The van der Waals surface area contributed by atoms with Gasteiger partial charge in [-0.3, -0.25) is 19.7 Å². The first-order chi connectivity index (χ1) is 9.01. The van der Waals surface area contributed by atoms with Crippen LogP contribution in [-0.4, -0.2) is 34.5 Å². The summed E-state index contributed by atoms with van der Waals surface area (Å²) in [4.78, 5) is 35.1. The highest BCUT2D eigenvalue weighted by molar-refractivity contribution is 8.69. The summed E-state index contributed by atoms with van der Waals surface area (Å²) in [5.74, 6) is -2.17. The van der Waals surface area contributed by atoms with Gasteiger partial charge < -0.3 is 4.90 Å². The summed E-state index contributed by atoms with van der Waals surface area (Å²) in [6, 6.07) is 9.27. The molecule has 0 aromatic heterocycles. The highest BCUT2D eigenvalue weighted by Gasteiger charge is 2.51. The Morgan fingerprint density at radius 3 is 2.47 bits per heavy atom. The van der Waals surface area contributed by atoms with Crippen molar-refractivity contribution in [1.29, 1.82) is 0 Å². The van der Waals surface area contributed by atoms with Crippen molar-refractivity contribution >= 4 is 40.2 Å². The highest BCUT2D eigenvalue weighted by Crippen LogP contribution is 2.37. The largest absolute Gasteiger partial charge is 0.316 e. The standard InChI is InChI=1S/C12H12N2O3S2/c1-14-10(16)9(15)13-11(17)12(14,19-18)7-8-5-3-2-4-6-8/h2-6,18H,7H2,1H3,(H,13,15,17). The van der Waals surface area contributed by atoms with E-state index < -0.39 is 22.6 Å². The third-order valence-corrected chi connectivity index (χ3v) is 4.87. The van der Waals surface area contributed by atoms with Crippen LogP contribution in [0.25, 0.3) is 0 Å². The molecule has 1 atom stereocenters. The van der Waals surface area contributed by atoms with Crippen LogP contribution in [0.4, 0.5) is 0 Å². The van der Waals surface area contributed by atoms with E-state index in [0.717, 1.165) is 21.3 Å². The maximum absolute atomic E-state index is 12.1. The lowest BCUT2D eigenvalue weighted by Gasteiger charge is -2.40. The lowest BCUT2D eigenvalue weighted by atomic mass is 10.0. The van der Waals surface area contributed by atoms with Crippen molar-refractivity contribution < 1.29 is 14.4 Å². The third kappa shape index (κ3) is 2.35. The fraction of sp³-hybridized carbons (Fsp3) is 0.250. The van der Waals surface area contributed by atoms with Crippen LogP contribution in [0, 0.1) is 0 Å². The van der Waals surface area contributed by atoms with Crippen LogP contribution in [0.5, 0.6) is 0 Å². The fourth-order valence-corrected chi connectivity index (χ4v) is 3.31. The molecule has 7 heteroatoms. The number of nitrogens with zero attached hydrogens (tertiary/aromatic N) is 1. The molecule has 1 saturated heterocycles. The summed E-state index contributed by atoms with van der Waals surface area (Å²) in [5.41, 5.74) is 0.883. The minimum absolute atomic E-state index is 0.281. The number of thiol groups is 1. The number of hydrogen-bond donors (Lipinski definition) is 2. The van der Waals surface area contributed by atoms with Gasteiger partial charge in [-0.25, -0.2) is 0 Å². The van der Waals surface area contributed by atoms with Crippen molar-refractivity contribution in [2.75, 3.05) is 7.05 Å². The average Bonchev–Trinajstić information content (AvgIpc) is 2.42. The van der Waals surface area contributed by atoms with E-state index in [-0.39, 0.29) is 6.42 Å². The van der Waals surface area contributed by atoms with Crippen LogP contribution in [0.3, 0.4) is 0 Å². The molecule has 1 N–H and O–H groups in total. The van der Waals surface area contributed by atoms with Crippen molar-refractivity contribution in [2.45, 2.75) is 11.3 Å². The molecular weight excluding hydrogens is 284 g/mol. The van der Waals surface area contributed by atoms with Gasteiger partial charge >= 0.3 is 11.8 Å². The molecule has 0 saturated carbocycles. The number of hydrogen-bond acceptors (Lipinski definition) is 5. The van der Waals surface area contributed by atoms with E-state index in [1.54, 1.807) is 0 Å². The summed E-state index contributed by atoms with van der Waals surface area (Å²) >= 11 is 4.12. The highest BCUT2D eigenvalue weighted by atomic mass is 33.1. The van der Waals surface area contributed by atoms with E-state index in [1.807, 2.05) is 30.3 Å². The molecule has 1 aliphatic rings. The van der Waals surface area contributed by atoms with E-state index in [1.165, 1.54) is 7.05 Å². The summed E-state index contributed by atoms with van der Waals surface area (Å²) in [7, 11) is 2.38. The van der Waals surface area contributed by atoms with Crippen LogP contribution in [-0.2, 0) is 20.8 Å². The van der Waals surface area contributed by atoms with Crippen molar-refractivity contribution in [3.63, 3.8) is 0 Å². The fourth-order valence-electron chi connectivity index (χ4n) is 1.93. The summed E-state index contributed by atoms with van der Waals surface area (Å²) < 4.78 is 0. The molecule has 19 heavy (non-hydrogen) atoms. The van der Waals surface area contributed by atoms with Gasteiger partial charge in [-0.1, -0.05) is 41.1 Å². The van der Waals surface area contributed by atoms with Gasteiger partial charge in [-0.15, -0.1) is 11.7 Å².